The fourth-order valence-electron chi connectivity index (χ4n) is 0.609. The molecule has 0 radical (unpaired) electrons. The van der Waals surface area contributed by atoms with Gasteiger partial charge in [-0.25, -0.2) is 4.79 Å². The maximum atomic E-state index is 10.4. The summed E-state index contributed by atoms with van der Waals surface area (Å²) in [4.78, 5) is 12.1. The highest BCUT2D eigenvalue weighted by Crippen LogP contribution is 2.00. The molecule has 0 saturated heterocycles. The summed E-state index contributed by atoms with van der Waals surface area (Å²) in [7, 11) is 3.61. The molecular formula is C7H13NO2. The Morgan fingerprint density at radius 3 is 2.20 bits per heavy atom. The van der Waals surface area contributed by atoms with Crippen molar-refractivity contribution in [2.75, 3.05) is 14.1 Å². The first-order valence-electron chi connectivity index (χ1n) is 3.18. The minimum absolute atomic E-state index is 0.435. The van der Waals surface area contributed by atoms with Gasteiger partial charge >= 0.3 is 5.97 Å². The lowest BCUT2D eigenvalue weighted by molar-refractivity contribution is -0.132. The Hall–Kier alpha value is -0.990. The Labute approximate surface area is 61.0 Å². The van der Waals surface area contributed by atoms with Crippen molar-refractivity contribution in [3.8, 4) is 0 Å². The van der Waals surface area contributed by atoms with Crippen molar-refractivity contribution in [1.82, 2.24) is 4.90 Å². The highest BCUT2D eigenvalue weighted by Gasteiger charge is 2.02. The third kappa shape index (κ3) is 3.12. The van der Waals surface area contributed by atoms with Crippen molar-refractivity contribution in [1.29, 1.82) is 0 Å². The largest absolute Gasteiger partial charge is 0.478 e. The quantitative estimate of drug-likeness (QED) is 0.597. The number of nitrogens with zero attached hydrogens (tertiary/aromatic N) is 1. The fraction of sp³-hybridized carbons (Fsp3) is 0.571. The van der Waals surface area contributed by atoms with Crippen molar-refractivity contribution in [3.63, 3.8) is 0 Å². The van der Waals surface area contributed by atoms with Gasteiger partial charge in [0.1, 0.15) is 0 Å². The Balaban J connectivity index is 4.19. The van der Waals surface area contributed by atoms with Crippen LogP contribution in [0, 0.1) is 0 Å². The van der Waals surface area contributed by atoms with Gasteiger partial charge in [0.25, 0.3) is 0 Å². The minimum atomic E-state index is -0.837. The first kappa shape index (κ1) is 9.01. The van der Waals surface area contributed by atoms with E-state index in [9.17, 15) is 4.79 Å². The number of hydrogen-bond acceptors (Lipinski definition) is 2. The molecule has 0 heterocycles. The van der Waals surface area contributed by atoms with Crippen LogP contribution in [-0.4, -0.2) is 30.1 Å². The number of carbonyl (C=O) groups is 1. The SMILES string of the molecule is CC/C(=C\N(C)C)C(=O)O. The van der Waals surface area contributed by atoms with E-state index in [1.807, 2.05) is 6.92 Å². The molecule has 0 unspecified atom stereocenters. The summed E-state index contributed by atoms with van der Waals surface area (Å²) in [5, 5.41) is 8.53. The molecule has 0 spiro atoms. The molecule has 0 aromatic heterocycles. The molecule has 0 aliphatic rings. The third-order valence-electron chi connectivity index (χ3n) is 1.07. The van der Waals surface area contributed by atoms with Crippen LogP contribution in [0.3, 0.4) is 0 Å². The van der Waals surface area contributed by atoms with Gasteiger partial charge in [-0.2, -0.15) is 0 Å². The molecule has 0 aliphatic heterocycles. The standard InChI is InChI=1S/C7H13NO2/c1-4-6(7(9)10)5-8(2)3/h5H,4H2,1-3H3,(H,9,10)/b6-5+. The maximum absolute atomic E-state index is 10.4. The molecular weight excluding hydrogens is 130 g/mol. The van der Waals surface area contributed by atoms with Gasteiger partial charge in [0, 0.05) is 20.3 Å². The molecule has 0 fully saturated rings. The van der Waals surface area contributed by atoms with Crippen LogP contribution >= 0.6 is 0 Å². The lowest BCUT2D eigenvalue weighted by Crippen LogP contribution is -2.07. The van der Waals surface area contributed by atoms with Crippen LogP contribution in [0.25, 0.3) is 0 Å². The highest BCUT2D eigenvalue weighted by molar-refractivity contribution is 5.86. The molecule has 3 heteroatoms. The second kappa shape index (κ2) is 3.93. The van der Waals surface area contributed by atoms with Gasteiger partial charge in [-0.15, -0.1) is 0 Å². The summed E-state index contributed by atoms with van der Waals surface area (Å²) in [5.41, 5.74) is 0.435. The topological polar surface area (TPSA) is 40.5 Å². The van der Waals surface area contributed by atoms with E-state index in [-0.39, 0.29) is 0 Å². The van der Waals surface area contributed by atoms with E-state index in [1.165, 1.54) is 0 Å². The number of rotatable bonds is 3. The molecule has 0 atom stereocenters. The third-order valence-corrected chi connectivity index (χ3v) is 1.07. The van der Waals surface area contributed by atoms with Crippen molar-refractivity contribution in [3.05, 3.63) is 11.8 Å². The number of hydrogen-bond donors (Lipinski definition) is 1. The summed E-state index contributed by atoms with van der Waals surface area (Å²) in [6.45, 7) is 1.82. The predicted octanol–water partition coefficient (Wildman–Crippen LogP) is 0.927. The van der Waals surface area contributed by atoms with Crippen LogP contribution in [0.1, 0.15) is 13.3 Å². The average Bonchev–Trinajstić information content (AvgIpc) is 1.81. The van der Waals surface area contributed by atoms with Crippen LogP contribution < -0.4 is 0 Å². The lowest BCUT2D eigenvalue weighted by atomic mass is 10.2. The van der Waals surface area contributed by atoms with E-state index in [0.29, 0.717) is 12.0 Å². The summed E-state index contributed by atoms with van der Waals surface area (Å²) in [5.74, 6) is -0.837. The van der Waals surface area contributed by atoms with Crippen LogP contribution in [0.5, 0.6) is 0 Å². The Morgan fingerprint density at radius 1 is 1.60 bits per heavy atom. The van der Waals surface area contributed by atoms with E-state index in [2.05, 4.69) is 0 Å². The fourth-order valence-corrected chi connectivity index (χ4v) is 0.609. The van der Waals surface area contributed by atoms with Gasteiger partial charge in [0.15, 0.2) is 0 Å². The van der Waals surface area contributed by atoms with Crippen molar-refractivity contribution in [2.24, 2.45) is 0 Å². The first-order chi connectivity index (χ1) is 4.57. The molecule has 0 bridgehead atoms. The van der Waals surface area contributed by atoms with Crippen LogP contribution in [0.4, 0.5) is 0 Å². The van der Waals surface area contributed by atoms with E-state index in [4.69, 9.17) is 5.11 Å². The highest BCUT2D eigenvalue weighted by atomic mass is 16.4. The van der Waals surface area contributed by atoms with Gasteiger partial charge < -0.3 is 10.0 Å². The Bertz CT molecular complexity index is 150. The maximum Gasteiger partial charge on any atom is 0.333 e. The van der Waals surface area contributed by atoms with E-state index >= 15 is 0 Å². The molecule has 0 aromatic carbocycles. The van der Waals surface area contributed by atoms with Crippen molar-refractivity contribution in [2.45, 2.75) is 13.3 Å². The van der Waals surface area contributed by atoms with Gasteiger partial charge in [-0.1, -0.05) is 6.92 Å². The zero-order valence-electron chi connectivity index (χ0n) is 6.59. The molecule has 0 amide bonds. The summed E-state index contributed by atoms with van der Waals surface area (Å²) in [6, 6.07) is 0. The average molecular weight is 143 g/mol. The van der Waals surface area contributed by atoms with Crippen LogP contribution in [0.2, 0.25) is 0 Å². The Morgan fingerprint density at radius 2 is 2.10 bits per heavy atom. The predicted molar refractivity (Wildman–Crippen MR) is 39.7 cm³/mol. The molecule has 0 rings (SSSR count). The molecule has 0 saturated carbocycles. The molecule has 58 valence electrons. The molecule has 3 nitrogen and oxygen atoms in total. The van der Waals surface area contributed by atoms with E-state index in [0.717, 1.165) is 0 Å². The van der Waals surface area contributed by atoms with E-state index in [1.54, 1.807) is 25.2 Å². The van der Waals surface area contributed by atoms with Gasteiger partial charge in [0.2, 0.25) is 0 Å². The minimum Gasteiger partial charge on any atom is -0.478 e. The number of carboxylic acids is 1. The van der Waals surface area contributed by atoms with Crippen molar-refractivity contribution < 1.29 is 9.90 Å². The van der Waals surface area contributed by atoms with Gasteiger partial charge in [0.05, 0.1) is 5.57 Å². The summed E-state index contributed by atoms with van der Waals surface area (Å²) in [6.07, 6.45) is 2.18. The normalized spacial score (nSPS) is 11.3. The van der Waals surface area contributed by atoms with Gasteiger partial charge in [-0.05, 0) is 6.42 Å². The smallest absolute Gasteiger partial charge is 0.333 e. The summed E-state index contributed by atoms with van der Waals surface area (Å²) >= 11 is 0. The molecule has 0 aromatic rings. The van der Waals surface area contributed by atoms with Crippen LogP contribution in [0.15, 0.2) is 11.8 Å². The second-order valence-electron chi connectivity index (χ2n) is 2.28. The van der Waals surface area contributed by atoms with Gasteiger partial charge in [-0.3, -0.25) is 0 Å². The first-order valence-corrected chi connectivity index (χ1v) is 3.18. The van der Waals surface area contributed by atoms with Crippen molar-refractivity contribution >= 4 is 5.97 Å². The zero-order valence-corrected chi connectivity index (χ0v) is 6.59. The number of carboxylic acid groups (broad SMARTS) is 1. The summed E-state index contributed by atoms with van der Waals surface area (Å²) < 4.78 is 0. The Kier molecular flexibility index (Phi) is 3.54. The molecule has 1 N–H and O–H groups in total. The second-order valence-corrected chi connectivity index (χ2v) is 2.28. The monoisotopic (exact) mass is 143 g/mol. The molecule has 10 heavy (non-hydrogen) atoms. The lowest BCUT2D eigenvalue weighted by Gasteiger charge is -2.05. The van der Waals surface area contributed by atoms with Crippen LogP contribution in [-0.2, 0) is 4.79 Å². The number of aliphatic carboxylic acids is 1. The van der Waals surface area contributed by atoms with E-state index < -0.39 is 5.97 Å². The zero-order chi connectivity index (χ0) is 8.15. The molecule has 0 aliphatic carbocycles.